The number of rotatable bonds is 38. The van der Waals surface area contributed by atoms with Gasteiger partial charge in [0.1, 0.15) is 16.8 Å². The van der Waals surface area contributed by atoms with Crippen molar-refractivity contribution in [1.82, 2.24) is 0 Å². The number of ketones is 2. The third-order valence-electron chi connectivity index (χ3n) is 11.3. The molecule has 0 spiro atoms. The van der Waals surface area contributed by atoms with Crippen LogP contribution in [-0.2, 0) is 19.2 Å². The SMILES string of the molecule is CCCCCCCCC=CCCCCCCCC(=O)C(C)(CC(O)(CN)C(C)(C(=O)O)C(=O)CCCCCCCC=CCCCCCCCC)C(=O)O. The predicted octanol–water partition coefficient (Wildman–Crippen LogP) is 11.5. The minimum absolute atomic E-state index is 0.00570. The molecule has 0 amide bonds. The summed E-state index contributed by atoms with van der Waals surface area (Å²) in [7, 11) is 0. The van der Waals surface area contributed by atoms with E-state index in [1.54, 1.807) is 0 Å². The van der Waals surface area contributed by atoms with Crippen molar-refractivity contribution in [2.75, 3.05) is 6.54 Å². The van der Waals surface area contributed by atoms with Gasteiger partial charge in [-0.2, -0.15) is 0 Å². The monoisotopic (exact) mass is 748 g/mol. The number of carboxylic acid groups (broad SMARTS) is 2. The fourth-order valence-electron chi connectivity index (χ4n) is 7.15. The number of Topliss-reactive ketones (excluding diaryl/α,β-unsaturated/α-hetero) is 2. The Balaban J connectivity index is 4.77. The van der Waals surface area contributed by atoms with E-state index in [4.69, 9.17) is 5.73 Å². The van der Waals surface area contributed by atoms with Gasteiger partial charge in [-0.3, -0.25) is 19.2 Å². The second-order valence-electron chi connectivity index (χ2n) is 16.0. The Kier molecular flexibility index (Phi) is 29.6. The molecule has 53 heavy (non-hydrogen) atoms. The molecule has 0 bridgehead atoms. The van der Waals surface area contributed by atoms with Gasteiger partial charge in [-0.15, -0.1) is 0 Å². The van der Waals surface area contributed by atoms with Gasteiger partial charge in [0.15, 0.2) is 11.2 Å². The van der Waals surface area contributed by atoms with Gasteiger partial charge < -0.3 is 21.1 Å². The van der Waals surface area contributed by atoms with Crippen molar-refractivity contribution in [2.24, 2.45) is 16.6 Å². The first-order chi connectivity index (χ1) is 25.4. The number of nitrogens with two attached hydrogens (primary N) is 1. The maximum atomic E-state index is 13.5. The van der Waals surface area contributed by atoms with Crippen LogP contribution in [0.1, 0.15) is 214 Å². The van der Waals surface area contributed by atoms with Crippen molar-refractivity contribution in [2.45, 2.75) is 219 Å². The molecular weight excluding hydrogens is 666 g/mol. The van der Waals surface area contributed by atoms with E-state index >= 15 is 0 Å². The van der Waals surface area contributed by atoms with Gasteiger partial charge in [0.25, 0.3) is 0 Å². The molecule has 8 nitrogen and oxygen atoms in total. The fraction of sp³-hybridized carbons (Fsp3) is 0.822. The van der Waals surface area contributed by atoms with Crippen molar-refractivity contribution in [1.29, 1.82) is 0 Å². The topological polar surface area (TPSA) is 155 Å². The van der Waals surface area contributed by atoms with Crippen LogP contribution in [0.2, 0.25) is 0 Å². The van der Waals surface area contributed by atoms with Gasteiger partial charge >= 0.3 is 11.9 Å². The number of unbranched alkanes of at least 4 members (excludes halogenated alkanes) is 22. The fourth-order valence-corrected chi connectivity index (χ4v) is 7.15. The van der Waals surface area contributed by atoms with E-state index in [1.165, 1.54) is 84.0 Å². The summed E-state index contributed by atoms with van der Waals surface area (Å²) in [6, 6.07) is 0. The van der Waals surface area contributed by atoms with Crippen LogP contribution in [0, 0.1) is 10.8 Å². The van der Waals surface area contributed by atoms with Crippen LogP contribution in [0.5, 0.6) is 0 Å². The normalized spacial score (nSPS) is 15.4. The van der Waals surface area contributed by atoms with Crippen molar-refractivity contribution < 1.29 is 34.5 Å². The molecule has 0 radical (unpaired) electrons. The molecule has 0 rings (SSSR count). The highest BCUT2D eigenvalue weighted by atomic mass is 16.4. The van der Waals surface area contributed by atoms with Crippen LogP contribution >= 0.6 is 0 Å². The summed E-state index contributed by atoms with van der Waals surface area (Å²) in [6.07, 6.45) is 36.6. The highest BCUT2D eigenvalue weighted by Crippen LogP contribution is 2.43. The number of hydrogen-bond acceptors (Lipinski definition) is 6. The van der Waals surface area contributed by atoms with E-state index < -0.39 is 52.9 Å². The number of carbonyl (C=O) groups is 4. The highest BCUT2D eigenvalue weighted by Gasteiger charge is 2.61. The molecule has 0 aromatic carbocycles. The lowest BCUT2D eigenvalue weighted by Gasteiger charge is -2.43. The number of aliphatic hydroxyl groups is 1. The number of carbonyl (C=O) groups excluding carboxylic acids is 2. The Morgan fingerprint density at radius 1 is 0.491 bits per heavy atom. The van der Waals surface area contributed by atoms with Gasteiger partial charge in [0, 0.05) is 25.8 Å². The van der Waals surface area contributed by atoms with E-state index in [2.05, 4.69) is 38.2 Å². The van der Waals surface area contributed by atoms with Crippen molar-refractivity contribution >= 4 is 23.5 Å². The summed E-state index contributed by atoms with van der Waals surface area (Å²) >= 11 is 0. The number of hydrogen-bond donors (Lipinski definition) is 4. The Morgan fingerprint density at radius 3 is 1.13 bits per heavy atom. The van der Waals surface area contributed by atoms with Crippen molar-refractivity contribution in [3.63, 3.8) is 0 Å². The molecule has 0 saturated carbocycles. The lowest BCUT2D eigenvalue weighted by atomic mass is 9.61. The smallest absolute Gasteiger partial charge is 0.319 e. The van der Waals surface area contributed by atoms with Gasteiger partial charge in [-0.25, -0.2) is 0 Å². The van der Waals surface area contributed by atoms with Gasteiger partial charge in [-0.05, 0) is 78.1 Å². The maximum absolute atomic E-state index is 13.5. The summed E-state index contributed by atoms with van der Waals surface area (Å²) in [5.74, 6) is -4.32. The largest absolute Gasteiger partial charge is 0.481 e. The lowest BCUT2D eigenvalue weighted by molar-refractivity contribution is -0.182. The molecule has 0 saturated heterocycles. The summed E-state index contributed by atoms with van der Waals surface area (Å²) in [5.41, 5.74) is -0.957. The molecule has 0 fully saturated rings. The van der Waals surface area contributed by atoms with E-state index in [9.17, 15) is 34.5 Å². The van der Waals surface area contributed by atoms with Gasteiger partial charge in [-0.1, -0.05) is 141 Å². The Labute approximate surface area is 324 Å². The molecule has 0 aliphatic rings. The van der Waals surface area contributed by atoms with Gasteiger partial charge in [0.2, 0.25) is 0 Å². The second-order valence-corrected chi connectivity index (χ2v) is 16.0. The molecule has 0 aliphatic heterocycles. The zero-order chi connectivity index (χ0) is 39.9. The minimum atomic E-state index is -2.43. The average Bonchev–Trinajstić information content (AvgIpc) is 3.13. The highest BCUT2D eigenvalue weighted by molar-refractivity contribution is 6.06. The Hall–Kier alpha value is -2.32. The molecule has 3 unspecified atom stereocenters. The first kappa shape index (κ1) is 50.7. The van der Waals surface area contributed by atoms with Crippen LogP contribution in [-0.4, -0.2) is 51.0 Å². The molecule has 0 aromatic heterocycles. The Bertz CT molecular complexity index is 1060. The Morgan fingerprint density at radius 2 is 0.811 bits per heavy atom. The van der Waals surface area contributed by atoms with Crippen molar-refractivity contribution in [3.8, 4) is 0 Å². The molecule has 308 valence electrons. The third kappa shape index (κ3) is 20.8. The van der Waals surface area contributed by atoms with E-state index in [1.807, 2.05) is 0 Å². The standard InChI is InChI=1S/C45H81NO7/c1-5-7-9-11-13-15-17-19-21-23-25-27-29-31-33-35-39(47)43(3,41(49)50)37-45(53,38-46)44(4,42(51)52)40(48)36-34-32-30-28-26-24-22-20-18-16-14-12-10-8-6-2/h19-22,53H,5-18,23-38,46H2,1-4H3,(H,49,50)(H,51,52). The van der Waals surface area contributed by atoms with E-state index in [0.717, 1.165) is 84.0 Å². The molecule has 8 heteroatoms. The minimum Gasteiger partial charge on any atom is -0.481 e. The molecule has 5 N–H and O–H groups in total. The molecule has 0 heterocycles. The van der Waals surface area contributed by atoms with Crippen LogP contribution in [0.15, 0.2) is 24.3 Å². The van der Waals surface area contributed by atoms with E-state index in [-0.39, 0.29) is 12.8 Å². The number of allylic oxidation sites excluding steroid dienone is 4. The molecule has 0 aromatic rings. The first-order valence-electron chi connectivity index (χ1n) is 21.6. The maximum Gasteiger partial charge on any atom is 0.319 e. The van der Waals surface area contributed by atoms with Crippen LogP contribution in [0.3, 0.4) is 0 Å². The number of carboxylic acids is 2. The van der Waals surface area contributed by atoms with Crippen molar-refractivity contribution in [3.05, 3.63) is 24.3 Å². The summed E-state index contributed by atoms with van der Waals surface area (Å²) < 4.78 is 0. The second kappa shape index (κ2) is 30.9. The molecule has 0 aliphatic carbocycles. The first-order valence-corrected chi connectivity index (χ1v) is 21.6. The molecule has 3 atom stereocenters. The summed E-state index contributed by atoms with van der Waals surface area (Å²) in [6.45, 7) is 6.13. The van der Waals surface area contributed by atoms with Crippen LogP contribution < -0.4 is 5.73 Å². The summed E-state index contributed by atoms with van der Waals surface area (Å²) in [5, 5.41) is 32.1. The predicted molar refractivity (Wildman–Crippen MR) is 219 cm³/mol. The lowest BCUT2D eigenvalue weighted by Crippen LogP contribution is -2.63. The van der Waals surface area contributed by atoms with E-state index in [0.29, 0.717) is 12.8 Å². The summed E-state index contributed by atoms with van der Waals surface area (Å²) in [4.78, 5) is 51.9. The average molecular weight is 748 g/mol. The van der Waals surface area contributed by atoms with Crippen LogP contribution in [0.25, 0.3) is 0 Å². The van der Waals surface area contributed by atoms with Gasteiger partial charge in [0.05, 0.1) is 0 Å². The molecular formula is C45H81NO7. The third-order valence-corrected chi connectivity index (χ3v) is 11.3. The zero-order valence-electron chi connectivity index (χ0n) is 34.6. The number of aliphatic carboxylic acids is 2. The van der Waals surface area contributed by atoms with Crippen LogP contribution in [0.4, 0.5) is 0 Å². The zero-order valence-corrected chi connectivity index (χ0v) is 34.6. The quantitative estimate of drug-likeness (QED) is 0.0276.